The van der Waals surface area contributed by atoms with E-state index < -0.39 is 43.9 Å². The van der Waals surface area contributed by atoms with Crippen molar-refractivity contribution in [2.75, 3.05) is 12.3 Å². The van der Waals surface area contributed by atoms with Crippen molar-refractivity contribution in [2.45, 2.75) is 25.1 Å². The van der Waals surface area contributed by atoms with E-state index >= 15 is 0 Å². The van der Waals surface area contributed by atoms with Crippen LogP contribution in [0.15, 0.2) is 42.5 Å². The van der Waals surface area contributed by atoms with Crippen molar-refractivity contribution in [2.24, 2.45) is 0 Å². The summed E-state index contributed by atoms with van der Waals surface area (Å²) in [5.74, 6) is -3.19. The molecule has 0 fully saturated rings. The Balaban J connectivity index is 1.76. The van der Waals surface area contributed by atoms with Gasteiger partial charge in [0.1, 0.15) is 17.4 Å². The van der Waals surface area contributed by atoms with Gasteiger partial charge >= 0.3 is 0 Å². The molecule has 4 nitrogen and oxygen atoms in total. The second kappa shape index (κ2) is 7.15. The molecule has 1 heterocycles. The number of carbonyl (C=O) groups excluding carboxylic acids is 1. The van der Waals surface area contributed by atoms with E-state index in [4.69, 9.17) is 0 Å². The summed E-state index contributed by atoms with van der Waals surface area (Å²) in [6.45, 7) is 1.97. The SMILES string of the molecule is C[C@H](c1c(F)cccc1F)S(=O)(=O)CC(=O)N1CCc2ccccc2C1. The summed E-state index contributed by atoms with van der Waals surface area (Å²) in [6.07, 6.45) is 0.652. The highest BCUT2D eigenvalue weighted by Gasteiger charge is 2.32. The van der Waals surface area contributed by atoms with E-state index in [0.717, 1.165) is 23.3 Å². The highest BCUT2D eigenvalue weighted by molar-refractivity contribution is 7.92. The van der Waals surface area contributed by atoms with Crippen LogP contribution < -0.4 is 0 Å². The van der Waals surface area contributed by atoms with Crippen LogP contribution in [0, 0.1) is 11.6 Å². The van der Waals surface area contributed by atoms with Crippen molar-refractivity contribution >= 4 is 15.7 Å². The fourth-order valence-corrected chi connectivity index (χ4v) is 4.54. The van der Waals surface area contributed by atoms with Gasteiger partial charge < -0.3 is 4.90 Å². The van der Waals surface area contributed by atoms with Crippen LogP contribution in [0.4, 0.5) is 8.78 Å². The molecule has 0 aromatic heterocycles. The predicted octanol–water partition coefficient (Wildman–Crippen LogP) is 3.03. The fraction of sp³-hybridized carbons (Fsp3) is 0.316. The Bertz CT molecular complexity index is 923. The predicted molar refractivity (Wildman–Crippen MR) is 94.1 cm³/mol. The van der Waals surface area contributed by atoms with Gasteiger partial charge in [-0.15, -0.1) is 0 Å². The Labute approximate surface area is 151 Å². The second-order valence-corrected chi connectivity index (χ2v) is 8.74. The van der Waals surface area contributed by atoms with Gasteiger partial charge in [-0.3, -0.25) is 4.79 Å². The number of rotatable bonds is 4. The molecule has 0 unspecified atom stereocenters. The van der Waals surface area contributed by atoms with Gasteiger partial charge in [0.15, 0.2) is 9.84 Å². The number of carbonyl (C=O) groups is 1. The minimum absolute atomic E-state index is 0.340. The van der Waals surface area contributed by atoms with Crippen LogP contribution >= 0.6 is 0 Å². The van der Waals surface area contributed by atoms with E-state index in [1.54, 1.807) is 0 Å². The zero-order valence-corrected chi connectivity index (χ0v) is 15.1. The summed E-state index contributed by atoms with van der Waals surface area (Å²) < 4.78 is 52.9. The number of sulfone groups is 1. The molecule has 0 saturated heterocycles. The lowest BCUT2D eigenvalue weighted by Crippen LogP contribution is -2.40. The molecule has 1 aliphatic rings. The van der Waals surface area contributed by atoms with E-state index in [1.165, 1.54) is 17.9 Å². The number of amides is 1. The number of halogens is 2. The first-order chi connectivity index (χ1) is 12.3. The van der Waals surface area contributed by atoms with Crippen molar-refractivity contribution in [1.29, 1.82) is 0 Å². The quantitative estimate of drug-likeness (QED) is 0.821. The maximum absolute atomic E-state index is 13.9. The van der Waals surface area contributed by atoms with Crippen LogP contribution in [0.2, 0.25) is 0 Å². The summed E-state index contributed by atoms with van der Waals surface area (Å²) in [4.78, 5) is 14.0. The standard InChI is InChI=1S/C19H19F2NO3S/c1-13(19-16(20)7-4-8-17(19)21)26(24,25)12-18(23)22-10-9-14-5-2-3-6-15(14)11-22/h2-8,13H,9-12H2,1H3/t13-/m1/s1. The first kappa shape index (κ1) is 18.5. The van der Waals surface area contributed by atoms with E-state index in [9.17, 15) is 22.0 Å². The number of fused-ring (bicyclic) bond motifs is 1. The van der Waals surface area contributed by atoms with Gasteiger partial charge in [0.2, 0.25) is 5.91 Å². The zero-order valence-electron chi connectivity index (χ0n) is 14.3. The molecular formula is C19H19F2NO3S. The van der Waals surface area contributed by atoms with Crippen LogP contribution in [0.3, 0.4) is 0 Å². The molecular weight excluding hydrogens is 360 g/mol. The Morgan fingerprint density at radius 2 is 1.69 bits per heavy atom. The maximum atomic E-state index is 13.9. The highest BCUT2D eigenvalue weighted by atomic mass is 32.2. The van der Waals surface area contributed by atoms with Crippen molar-refractivity contribution in [3.63, 3.8) is 0 Å². The Morgan fingerprint density at radius 3 is 2.35 bits per heavy atom. The molecule has 1 aliphatic heterocycles. The largest absolute Gasteiger partial charge is 0.337 e. The number of hydrogen-bond acceptors (Lipinski definition) is 3. The normalized spacial score (nSPS) is 15.4. The van der Waals surface area contributed by atoms with Gasteiger partial charge in [-0.25, -0.2) is 17.2 Å². The highest BCUT2D eigenvalue weighted by Crippen LogP contribution is 2.28. The Hall–Kier alpha value is -2.28. The molecule has 26 heavy (non-hydrogen) atoms. The van der Waals surface area contributed by atoms with Gasteiger partial charge in [0, 0.05) is 18.7 Å². The molecule has 2 aromatic rings. The Morgan fingerprint density at radius 1 is 1.08 bits per heavy atom. The topological polar surface area (TPSA) is 54.5 Å². The van der Waals surface area contributed by atoms with Gasteiger partial charge in [-0.1, -0.05) is 30.3 Å². The molecule has 0 spiro atoms. The molecule has 138 valence electrons. The van der Waals surface area contributed by atoms with E-state index in [2.05, 4.69) is 0 Å². The zero-order chi connectivity index (χ0) is 18.9. The maximum Gasteiger partial charge on any atom is 0.238 e. The average Bonchev–Trinajstić information content (AvgIpc) is 2.60. The monoisotopic (exact) mass is 379 g/mol. The third kappa shape index (κ3) is 3.62. The minimum Gasteiger partial charge on any atom is -0.337 e. The fourth-order valence-electron chi connectivity index (χ4n) is 3.18. The molecule has 0 saturated carbocycles. The third-order valence-corrected chi connectivity index (χ3v) is 6.72. The molecule has 0 bridgehead atoms. The van der Waals surface area contributed by atoms with Crippen molar-refractivity contribution < 1.29 is 22.0 Å². The molecule has 0 radical (unpaired) electrons. The molecule has 1 amide bonds. The van der Waals surface area contributed by atoms with Gasteiger partial charge in [0.25, 0.3) is 0 Å². The summed E-state index contributed by atoms with van der Waals surface area (Å²) in [6, 6.07) is 10.9. The van der Waals surface area contributed by atoms with E-state index in [-0.39, 0.29) is 0 Å². The number of nitrogens with zero attached hydrogens (tertiary/aromatic N) is 1. The minimum atomic E-state index is -4.06. The number of benzene rings is 2. The smallest absolute Gasteiger partial charge is 0.238 e. The van der Waals surface area contributed by atoms with Crippen LogP contribution in [0.1, 0.15) is 28.9 Å². The molecule has 0 N–H and O–H groups in total. The van der Waals surface area contributed by atoms with Crippen LogP contribution in [0.5, 0.6) is 0 Å². The van der Waals surface area contributed by atoms with Crippen molar-refractivity contribution in [3.05, 3.63) is 70.8 Å². The van der Waals surface area contributed by atoms with E-state index in [1.807, 2.05) is 24.3 Å². The van der Waals surface area contributed by atoms with Crippen LogP contribution in [-0.4, -0.2) is 31.5 Å². The summed E-state index contributed by atoms with van der Waals surface area (Å²) in [7, 11) is -4.06. The first-order valence-corrected chi connectivity index (χ1v) is 10.0. The van der Waals surface area contributed by atoms with Gasteiger partial charge in [-0.05, 0) is 36.6 Å². The first-order valence-electron chi connectivity index (χ1n) is 8.29. The summed E-state index contributed by atoms with van der Waals surface area (Å²) in [5.41, 5.74) is 1.60. The van der Waals surface area contributed by atoms with Crippen molar-refractivity contribution in [3.8, 4) is 0 Å². The number of hydrogen-bond donors (Lipinski definition) is 0. The van der Waals surface area contributed by atoms with Gasteiger partial charge in [-0.2, -0.15) is 0 Å². The molecule has 3 rings (SSSR count). The lowest BCUT2D eigenvalue weighted by atomic mass is 10.00. The summed E-state index contributed by atoms with van der Waals surface area (Å²) in [5, 5.41) is -1.44. The van der Waals surface area contributed by atoms with Crippen LogP contribution in [-0.2, 0) is 27.6 Å². The average molecular weight is 379 g/mol. The summed E-state index contributed by atoms with van der Waals surface area (Å²) >= 11 is 0. The van der Waals surface area contributed by atoms with Gasteiger partial charge in [0.05, 0.1) is 5.25 Å². The third-order valence-electron chi connectivity index (χ3n) is 4.75. The molecule has 0 aliphatic carbocycles. The van der Waals surface area contributed by atoms with Crippen molar-refractivity contribution in [1.82, 2.24) is 4.90 Å². The lowest BCUT2D eigenvalue weighted by Gasteiger charge is -2.29. The lowest BCUT2D eigenvalue weighted by molar-refractivity contribution is -0.129. The molecule has 7 heteroatoms. The molecule has 2 aromatic carbocycles. The molecule has 1 atom stereocenters. The van der Waals surface area contributed by atoms with E-state index in [0.29, 0.717) is 19.5 Å². The second-order valence-electron chi connectivity index (χ2n) is 6.42. The Kier molecular flexibility index (Phi) is 5.09. The van der Waals surface area contributed by atoms with Crippen LogP contribution in [0.25, 0.3) is 0 Å².